The van der Waals surface area contributed by atoms with Crippen LogP contribution in [0.4, 0.5) is 13.2 Å². The van der Waals surface area contributed by atoms with Crippen LogP contribution in [0, 0.1) is 0 Å². The summed E-state index contributed by atoms with van der Waals surface area (Å²) in [6, 6.07) is 0.614. The van der Waals surface area contributed by atoms with E-state index >= 15 is 0 Å². The average molecular weight is 197 g/mol. The van der Waals surface area contributed by atoms with E-state index in [0.717, 1.165) is 6.54 Å². The Kier molecular flexibility index (Phi) is 3.99. The SMILES string of the molecule is FC(F)(F)COCCCNC1CC1. The Labute approximate surface area is 75.4 Å². The van der Waals surface area contributed by atoms with Gasteiger partial charge in [0.1, 0.15) is 6.61 Å². The zero-order valence-electron chi connectivity index (χ0n) is 7.36. The van der Waals surface area contributed by atoms with Crippen LogP contribution in [-0.4, -0.2) is 32.0 Å². The van der Waals surface area contributed by atoms with Crippen molar-refractivity contribution >= 4 is 0 Å². The second-order valence-corrected chi connectivity index (χ2v) is 3.25. The zero-order chi connectivity index (χ0) is 9.73. The van der Waals surface area contributed by atoms with Crippen LogP contribution in [0.5, 0.6) is 0 Å². The highest BCUT2D eigenvalue weighted by molar-refractivity contribution is 4.80. The van der Waals surface area contributed by atoms with Crippen molar-refractivity contribution in [2.45, 2.75) is 31.5 Å². The standard InChI is InChI=1S/C8H14F3NO/c9-8(10,11)6-13-5-1-4-12-7-2-3-7/h7,12H,1-6H2. The van der Waals surface area contributed by atoms with Gasteiger partial charge < -0.3 is 10.1 Å². The highest BCUT2D eigenvalue weighted by Gasteiger charge is 2.27. The Bertz CT molecular complexity index is 145. The number of alkyl halides is 3. The van der Waals surface area contributed by atoms with E-state index in [9.17, 15) is 13.2 Å². The fraction of sp³-hybridized carbons (Fsp3) is 1.00. The van der Waals surface area contributed by atoms with Crippen LogP contribution in [0.1, 0.15) is 19.3 Å². The first-order valence-corrected chi connectivity index (χ1v) is 4.46. The summed E-state index contributed by atoms with van der Waals surface area (Å²) in [5.41, 5.74) is 0. The molecule has 0 bridgehead atoms. The van der Waals surface area contributed by atoms with Gasteiger partial charge in [-0.05, 0) is 25.8 Å². The third-order valence-corrected chi connectivity index (χ3v) is 1.74. The Hall–Kier alpha value is -0.290. The second-order valence-electron chi connectivity index (χ2n) is 3.25. The predicted octanol–water partition coefficient (Wildman–Crippen LogP) is 1.71. The monoisotopic (exact) mass is 197 g/mol. The van der Waals surface area contributed by atoms with Crippen molar-refractivity contribution in [2.24, 2.45) is 0 Å². The largest absolute Gasteiger partial charge is 0.411 e. The third kappa shape index (κ3) is 6.83. The molecular weight excluding hydrogens is 183 g/mol. The smallest absolute Gasteiger partial charge is 0.372 e. The van der Waals surface area contributed by atoms with Gasteiger partial charge in [0.2, 0.25) is 0 Å². The van der Waals surface area contributed by atoms with E-state index in [4.69, 9.17) is 0 Å². The van der Waals surface area contributed by atoms with Crippen molar-refractivity contribution in [3.8, 4) is 0 Å². The second kappa shape index (κ2) is 4.81. The predicted molar refractivity (Wildman–Crippen MR) is 42.5 cm³/mol. The highest BCUT2D eigenvalue weighted by Crippen LogP contribution is 2.18. The Morgan fingerprint density at radius 2 is 2.00 bits per heavy atom. The number of rotatable bonds is 6. The Morgan fingerprint density at radius 1 is 1.31 bits per heavy atom. The van der Waals surface area contributed by atoms with E-state index < -0.39 is 12.8 Å². The summed E-state index contributed by atoms with van der Waals surface area (Å²) in [6.07, 6.45) is -1.15. The first kappa shape index (κ1) is 10.8. The molecule has 0 amide bonds. The molecule has 0 aromatic carbocycles. The Balaban J connectivity index is 1.78. The normalized spacial score (nSPS) is 17.8. The number of nitrogens with one attached hydrogen (secondary N) is 1. The maximum absolute atomic E-state index is 11.6. The van der Waals surface area contributed by atoms with Crippen molar-refractivity contribution in [2.75, 3.05) is 19.8 Å². The maximum Gasteiger partial charge on any atom is 0.411 e. The summed E-state index contributed by atoms with van der Waals surface area (Å²) < 4.78 is 39.1. The van der Waals surface area contributed by atoms with E-state index in [2.05, 4.69) is 10.1 Å². The minimum absolute atomic E-state index is 0.180. The molecule has 1 aliphatic rings. The summed E-state index contributed by atoms with van der Waals surface area (Å²) in [6.45, 7) is -0.196. The summed E-state index contributed by atoms with van der Waals surface area (Å²) >= 11 is 0. The fourth-order valence-corrected chi connectivity index (χ4v) is 0.956. The van der Waals surface area contributed by atoms with Gasteiger partial charge in [-0.1, -0.05) is 0 Å². The fourth-order valence-electron chi connectivity index (χ4n) is 0.956. The van der Waals surface area contributed by atoms with Gasteiger partial charge in [-0.15, -0.1) is 0 Å². The van der Waals surface area contributed by atoms with Crippen LogP contribution in [0.15, 0.2) is 0 Å². The van der Waals surface area contributed by atoms with Crippen molar-refractivity contribution < 1.29 is 17.9 Å². The molecule has 0 atom stereocenters. The van der Waals surface area contributed by atoms with Crippen molar-refractivity contribution in [1.82, 2.24) is 5.32 Å². The van der Waals surface area contributed by atoms with E-state index in [1.165, 1.54) is 12.8 Å². The lowest BCUT2D eigenvalue weighted by Crippen LogP contribution is -2.21. The van der Waals surface area contributed by atoms with Gasteiger partial charge in [0, 0.05) is 12.6 Å². The van der Waals surface area contributed by atoms with E-state index in [-0.39, 0.29) is 6.61 Å². The van der Waals surface area contributed by atoms with Crippen LogP contribution in [-0.2, 0) is 4.74 Å². The van der Waals surface area contributed by atoms with Crippen LogP contribution in [0.3, 0.4) is 0 Å². The molecule has 1 rings (SSSR count). The van der Waals surface area contributed by atoms with Gasteiger partial charge in [0.15, 0.2) is 0 Å². The summed E-state index contributed by atoms with van der Waals surface area (Å²) in [4.78, 5) is 0. The van der Waals surface area contributed by atoms with Gasteiger partial charge in [-0.3, -0.25) is 0 Å². The van der Waals surface area contributed by atoms with E-state index in [1.807, 2.05) is 0 Å². The number of ether oxygens (including phenoxy) is 1. The molecular formula is C8H14F3NO. The lowest BCUT2D eigenvalue weighted by atomic mass is 10.4. The molecule has 0 unspecified atom stereocenters. The minimum Gasteiger partial charge on any atom is -0.372 e. The molecule has 0 radical (unpaired) electrons. The topological polar surface area (TPSA) is 21.3 Å². The molecule has 13 heavy (non-hydrogen) atoms. The molecule has 1 saturated carbocycles. The summed E-state index contributed by atoms with van der Waals surface area (Å²) in [5, 5.41) is 3.19. The molecule has 0 aromatic rings. The first-order valence-electron chi connectivity index (χ1n) is 4.46. The molecule has 1 aliphatic carbocycles. The van der Waals surface area contributed by atoms with Crippen molar-refractivity contribution in [3.05, 3.63) is 0 Å². The summed E-state index contributed by atoms with van der Waals surface area (Å²) in [7, 11) is 0. The van der Waals surface area contributed by atoms with E-state index in [1.54, 1.807) is 0 Å². The quantitative estimate of drug-likeness (QED) is 0.654. The molecule has 0 heterocycles. The van der Waals surface area contributed by atoms with E-state index in [0.29, 0.717) is 12.5 Å². The highest BCUT2D eigenvalue weighted by atomic mass is 19.4. The van der Waals surface area contributed by atoms with Crippen LogP contribution in [0.25, 0.3) is 0 Å². The Morgan fingerprint density at radius 3 is 2.54 bits per heavy atom. The molecule has 0 spiro atoms. The van der Waals surface area contributed by atoms with Crippen LogP contribution in [0.2, 0.25) is 0 Å². The molecule has 0 aromatic heterocycles. The lowest BCUT2D eigenvalue weighted by Gasteiger charge is -2.07. The molecule has 1 fully saturated rings. The first-order chi connectivity index (χ1) is 6.08. The number of hydrogen-bond donors (Lipinski definition) is 1. The molecule has 0 saturated heterocycles. The van der Waals surface area contributed by atoms with Crippen LogP contribution >= 0.6 is 0 Å². The van der Waals surface area contributed by atoms with Gasteiger partial charge in [-0.2, -0.15) is 13.2 Å². The van der Waals surface area contributed by atoms with Crippen molar-refractivity contribution in [1.29, 1.82) is 0 Å². The number of hydrogen-bond acceptors (Lipinski definition) is 2. The third-order valence-electron chi connectivity index (χ3n) is 1.74. The molecule has 78 valence electrons. The number of halogens is 3. The molecule has 2 nitrogen and oxygen atoms in total. The molecule has 5 heteroatoms. The minimum atomic E-state index is -4.19. The van der Waals surface area contributed by atoms with Gasteiger partial charge >= 0.3 is 6.18 Å². The molecule has 0 aliphatic heterocycles. The lowest BCUT2D eigenvalue weighted by molar-refractivity contribution is -0.173. The van der Waals surface area contributed by atoms with Gasteiger partial charge in [0.05, 0.1) is 0 Å². The van der Waals surface area contributed by atoms with Gasteiger partial charge in [0.25, 0.3) is 0 Å². The van der Waals surface area contributed by atoms with Gasteiger partial charge in [-0.25, -0.2) is 0 Å². The zero-order valence-corrected chi connectivity index (χ0v) is 7.36. The molecule has 1 N–H and O–H groups in total. The maximum atomic E-state index is 11.6. The summed E-state index contributed by atoms with van der Waals surface area (Å²) in [5.74, 6) is 0. The average Bonchev–Trinajstić information content (AvgIpc) is 2.77. The van der Waals surface area contributed by atoms with Crippen molar-refractivity contribution in [3.63, 3.8) is 0 Å². The van der Waals surface area contributed by atoms with Crippen LogP contribution < -0.4 is 5.32 Å².